The number of carbonyl (C=O) groups is 1. The highest BCUT2D eigenvalue weighted by Crippen LogP contribution is 2.26. The van der Waals surface area contributed by atoms with E-state index in [1.54, 1.807) is 0 Å². The summed E-state index contributed by atoms with van der Waals surface area (Å²) in [6.45, 7) is 3.49. The van der Waals surface area contributed by atoms with Crippen LogP contribution in [0.25, 0.3) is 0 Å². The second-order valence-electron chi connectivity index (χ2n) is 22.0. The zero-order valence-electron chi connectivity index (χ0n) is 47.2. The molecular weight excluding hydrogens is 943 g/mol. The Morgan fingerprint density at radius 1 is 0.534 bits per heavy atom. The van der Waals surface area contributed by atoms with Crippen LogP contribution in [0.15, 0.2) is 12.2 Å². The Morgan fingerprint density at radius 3 is 1.23 bits per heavy atom. The highest BCUT2D eigenvalue weighted by Gasteiger charge is 2.48. The third kappa shape index (κ3) is 42.5. The summed E-state index contributed by atoms with van der Waals surface area (Å²) in [5.74, 6) is -0.224. The van der Waals surface area contributed by atoms with Gasteiger partial charge in [-0.25, -0.2) is 4.18 Å². The van der Waals surface area contributed by atoms with E-state index in [9.17, 15) is 38.2 Å². The van der Waals surface area contributed by atoms with Crippen LogP contribution in [0.1, 0.15) is 309 Å². The molecule has 1 aliphatic rings. The summed E-state index contributed by atoms with van der Waals surface area (Å²) in [5.41, 5.74) is 0. The molecule has 1 rings (SSSR count). The molecule has 1 aliphatic heterocycles. The van der Waals surface area contributed by atoms with Gasteiger partial charge < -0.3 is 35.2 Å². The fourth-order valence-electron chi connectivity index (χ4n) is 10.3. The zero-order chi connectivity index (χ0) is 53.3. The lowest BCUT2D eigenvalue weighted by Gasteiger charge is -2.41. The summed E-state index contributed by atoms with van der Waals surface area (Å²) in [7, 11) is -5.08. The second kappa shape index (κ2) is 50.4. The van der Waals surface area contributed by atoms with Gasteiger partial charge in [0.2, 0.25) is 5.91 Å². The van der Waals surface area contributed by atoms with Crippen molar-refractivity contribution in [3.63, 3.8) is 0 Å². The van der Waals surface area contributed by atoms with Crippen LogP contribution in [0.4, 0.5) is 0 Å². The fraction of sp³-hybridized carbons (Fsp3) is 0.950. The molecule has 7 unspecified atom stereocenters. The minimum absolute atomic E-state index is 0.224. The van der Waals surface area contributed by atoms with Crippen molar-refractivity contribution in [2.45, 2.75) is 352 Å². The van der Waals surface area contributed by atoms with Gasteiger partial charge in [-0.15, -0.1) is 0 Å². The maximum absolute atomic E-state index is 13.2. The number of nitrogens with one attached hydrogen (secondary N) is 1. The van der Waals surface area contributed by atoms with Gasteiger partial charge >= 0.3 is 10.4 Å². The topological polar surface area (TPSA) is 192 Å². The molecule has 0 aromatic rings. The van der Waals surface area contributed by atoms with Crippen molar-refractivity contribution < 1.29 is 51.8 Å². The maximum atomic E-state index is 13.2. The molecule has 0 bridgehead atoms. The van der Waals surface area contributed by atoms with Gasteiger partial charge in [0.1, 0.15) is 24.4 Å². The van der Waals surface area contributed by atoms with E-state index in [0.717, 1.165) is 51.4 Å². The van der Waals surface area contributed by atoms with E-state index in [4.69, 9.17) is 9.47 Å². The lowest BCUT2D eigenvalue weighted by Crippen LogP contribution is -2.61. The van der Waals surface area contributed by atoms with E-state index in [0.29, 0.717) is 12.8 Å². The molecule has 1 heterocycles. The van der Waals surface area contributed by atoms with Gasteiger partial charge in [0.25, 0.3) is 0 Å². The van der Waals surface area contributed by atoms with E-state index < -0.39 is 59.9 Å². The van der Waals surface area contributed by atoms with Crippen LogP contribution < -0.4 is 5.32 Å². The number of hydrogen-bond acceptors (Lipinski definition) is 10. The standard InChI is InChI=1S/C60H117NO11S/c1-3-5-7-9-11-13-15-17-19-20-21-22-23-24-25-26-27-28-29-30-31-32-33-34-35-36-38-40-42-44-46-48-50-56(64)61-53(52-70-60-58(66)59(72-73(67,68)69)57(65)55(51-62)71-60)54(63)49-47-45-43-41-39-37-18-16-14-12-10-8-6-4-2/h24-25,53-55,57-60,62-63,65-66H,3-23,26-52H2,1-2H3,(H,61,64)(H,67,68,69)/b25-24-. The minimum atomic E-state index is -5.08. The summed E-state index contributed by atoms with van der Waals surface area (Å²) in [4.78, 5) is 13.2. The van der Waals surface area contributed by atoms with Crippen molar-refractivity contribution in [1.29, 1.82) is 0 Å². The Bertz CT molecular complexity index is 1340. The first-order chi connectivity index (χ1) is 35.5. The number of unbranched alkanes of at least 4 members (excludes halogenated alkanes) is 41. The number of aliphatic hydroxyl groups excluding tert-OH is 4. The average Bonchev–Trinajstić information content (AvgIpc) is 3.37. The number of amides is 1. The van der Waals surface area contributed by atoms with Gasteiger partial charge in [0.15, 0.2) is 6.29 Å². The number of rotatable bonds is 55. The number of aliphatic hydroxyl groups is 4. The molecule has 73 heavy (non-hydrogen) atoms. The van der Waals surface area contributed by atoms with Crippen LogP contribution in [-0.4, -0.2) is 95.4 Å². The van der Waals surface area contributed by atoms with Crippen molar-refractivity contribution in [3.05, 3.63) is 12.2 Å². The third-order valence-electron chi connectivity index (χ3n) is 15.1. The van der Waals surface area contributed by atoms with E-state index in [2.05, 4.69) is 35.5 Å². The summed E-state index contributed by atoms with van der Waals surface area (Å²) < 4.78 is 47.9. The normalized spacial score (nSPS) is 19.2. The Kier molecular flexibility index (Phi) is 48.2. The van der Waals surface area contributed by atoms with Gasteiger partial charge in [0.05, 0.1) is 25.4 Å². The quantitative estimate of drug-likeness (QED) is 0.0193. The summed E-state index contributed by atoms with van der Waals surface area (Å²) in [6, 6.07) is -0.855. The zero-order valence-corrected chi connectivity index (χ0v) is 48.0. The molecule has 1 amide bonds. The highest BCUT2D eigenvalue weighted by molar-refractivity contribution is 7.80. The van der Waals surface area contributed by atoms with E-state index in [-0.39, 0.29) is 12.5 Å². The maximum Gasteiger partial charge on any atom is 0.397 e. The van der Waals surface area contributed by atoms with Crippen LogP contribution in [0.3, 0.4) is 0 Å². The monoisotopic (exact) mass is 1060 g/mol. The molecule has 1 saturated heterocycles. The predicted molar refractivity (Wildman–Crippen MR) is 301 cm³/mol. The fourth-order valence-corrected chi connectivity index (χ4v) is 10.8. The molecular formula is C60H117NO11S. The van der Waals surface area contributed by atoms with Crippen molar-refractivity contribution in [3.8, 4) is 0 Å². The number of carbonyl (C=O) groups excluding carboxylic acids is 1. The molecule has 434 valence electrons. The predicted octanol–water partition coefficient (Wildman–Crippen LogP) is 15.0. The van der Waals surface area contributed by atoms with Crippen LogP contribution in [0.5, 0.6) is 0 Å². The van der Waals surface area contributed by atoms with Crippen LogP contribution in [0.2, 0.25) is 0 Å². The van der Waals surface area contributed by atoms with Gasteiger partial charge in [-0.1, -0.05) is 276 Å². The molecule has 13 heteroatoms. The molecule has 0 aromatic carbocycles. The van der Waals surface area contributed by atoms with Crippen LogP contribution in [-0.2, 0) is 28.9 Å². The molecule has 0 aromatic heterocycles. The summed E-state index contributed by atoms with van der Waals surface area (Å²) in [5, 5.41) is 45.1. The number of allylic oxidation sites excluding steroid dienone is 2. The molecule has 7 atom stereocenters. The molecule has 1 fully saturated rings. The van der Waals surface area contributed by atoms with Crippen molar-refractivity contribution in [2.75, 3.05) is 13.2 Å². The molecule has 0 aliphatic carbocycles. The lowest BCUT2D eigenvalue weighted by molar-refractivity contribution is -0.298. The smallest absolute Gasteiger partial charge is 0.394 e. The Morgan fingerprint density at radius 2 is 0.877 bits per heavy atom. The summed E-state index contributed by atoms with van der Waals surface area (Å²) in [6.07, 6.45) is 52.4. The second-order valence-corrected chi connectivity index (χ2v) is 23.0. The van der Waals surface area contributed by atoms with Gasteiger partial charge in [-0.2, -0.15) is 8.42 Å². The molecule has 0 radical (unpaired) electrons. The Labute approximate surface area is 449 Å². The third-order valence-corrected chi connectivity index (χ3v) is 15.5. The first kappa shape index (κ1) is 69.9. The van der Waals surface area contributed by atoms with Crippen molar-refractivity contribution in [2.24, 2.45) is 0 Å². The Hall–Kier alpha value is -1.16. The van der Waals surface area contributed by atoms with E-state index in [1.807, 2.05) is 0 Å². The molecule has 12 nitrogen and oxygen atoms in total. The molecule has 0 saturated carbocycles. The highest BCUT2D eigenvalue weighted by atomic mass is 32.3. The van der Waals surface area contributed by atoms with Crippen molar-refractivity contribution in [1.82, 2.24) is 5.32 Å². The SMILES string of the molecule is CCCCCCCCCCCCCC/C=C\CCCCCCCCCCCCCCCCCCC(=O)NC(COC1OC(CO)C(O)C(OS(=O)(=O)O)C1O)C(O)CCCCCCCCCCCCCCCC. The molecule has 0 spiro atoms. The first-order valence-electron chi connectivity index (χ1n) is 31.1. The number of ether oxygens (including phenoxy) is 2. The van der Waals surface area contributed by atoms with E-state index in [1.165, 1.54) is 231 Å². The van der Waals surface area contributed by atoms with Gasteiger partial charge in [-0.3, -0.25) is 9.35 Å². The van der Waals surface area contributed by atoms with Crippen LogP contribution in [0, 0.1) is 0 Å². The van der Waals surface area contributed by atoms with Gasteiger partial charge in [0, 0.05) is 6.42 Å². The van der Waals surface area contributed by atoms with E-state index >= 15 is 0 Å². The lowest BCUT2D eigenvalue weighted by atomic mass is 9.99. The minimum Gasteiger partial charge on any atom is -0.394 e. The van der Waals surface area contributed by atoms with Crippen molar-refractivity contribution >= 4 is 16.3 Å². The first-order valence-corrected chi connectivity index (χ1v) is 32.4. The Balaban J connectivity index is 2.21. The average molecular weight is 1060 g/mol. The molecule has 6 N–H and O–H groups in total. The largest absolute Gasteiger partial charge is 0.397 e. The van der Waals surface area contributed by atoms with Gasteiger partial charge in [-0.05, 0) is 38.5 Å². The van der Waals surface area contributed by atoms with Crippen LogP contribution >= 0.6 is 0 Å². The summed E-state index contributed by atoms with van der Waals surface area (Å²) >= 11 is 0. The number of hydrogen-bond donors (Lipinski definition) is 6.